The van der Waals surface area contributed by atoms with Gasteiger partial charge in [0.05, 0.1) is 23.4 Å². The molecule has 0 aliphatic carbocycles. The first-order valence-corrected chi connectivity index (χ1v) is 10.7. The Bertz CT molecular complexity index is 1230. The van der Waals surface area contributed by atoms with Crippen molar-refractivity contribution in [3.63, 3.8) is 0 Å². The summed E-state index contributed by atoms with van der Waals surface area (Å²) in [6.07, 6.45) is 0.801. The van der Waals surface area contributed by atoms with Crippen LogP contribution in [0.3, 0.4) is 0 Å². The van der Waals surface area contributed by atoms with Crippen LogP contribution >= 0.6 is 0 Å². The zero-order chi connectivity index (χ0) is 22.2. The summed E-state index contributed by atoms with van der Waals surface area (Å²) in [7, 11) is 0. The molecule has 0 saturated carbocycles. The first-order valence-electron chi connectivity index (χ1n) is 10.7. The second kappa shape index (κ2) is 7.96. The highest BCUT2D eigenvalue weighted by molar-refractivity contribution is 6.34. The highest BCUT2D eigenvalue weighted by atomic mass is 16.5. The molecule has 2 heterocycles. The summed E-state index contributed by atoms with van der Waals surface area (Å²) >= 11 is 0. The second-order valence-corrected chi connectivity index (χ2v) is 7.88. The van der Waals surface area contributed by atoms with Crippen molar-refractivity contribution < 1.29 is 19.1 Å². The van der Waals surface area contributed by atoms with Gasteiger partial charge in [-0.05, 0) is 66.9 Å². The smallest absolute Gasteiger partial charge is 0.266 e. The monoisotopic (exact) mass is 426 g/mol. The third-order valence-electron chi connectivity index (χ3n) is 5.96. The lowest BCUT2D eigenvalue weighted by atomic mass is 9.98. The van der Waals surface area contributed by atoms with Crippen LogP contribution in [0.2, 0.25) is 0 Å². The molecule has 0 radical (unpaired) electrons. The molecule has 6 nitrogen and oxygen atoms in total. The molecule has 0 N–H and O–H groups in total. The Morgan fingerprint density at radius 3 is 2.38 bits per heavy atom. The maximum absolute atomic E-state index is 13.2. The Morgan fingerprint density at radius 2 is 1.62 bits per heavy atom. The molecule has 6 heteroatoms. The van der Waals surface area contributed by atoms with Crippen LogP contribution < -0.4 is 9.64 Å². The van der Waals surface area contributed by atoms with E-state index in [0.717, 1.165) is 16.9 Å². The molecule has 0 aromatic heterocycles. The lowest BCUT2D eigenvalue weighted by Crippen LogP contribution is -2.36. The lowest BCUT2D eigenvalue weighted by Gasteiger charge is -2.29. The van der Waals surface area contributed by atoms with E-state index in [2.05, 4.69) is 6.07 Å². The van der Waals surface area contributed by atoms with Crippen LogP contribution in [0.25, 0.3) is 0 Å². The van der Waals surface area contributed by atoms with E-state index in [1.54, 1.807) is 47.4 Å². The SMILES string of the molecule is CCOc1ccc(N2C(=O)c3ccc(C(=O)N4CCc5ccccc5C4)cc3C2=O)cc1. The quantitative estimate of drug-likeness (QED) is 0.590. The van der Waals surface area contributed by atoms with Gasteiger partial charge in [-0.1, -0.05) is 24.3 Å². The largest absolute Gasteiger partial charge is 0.494 e. The van der Waals surface area contributed by atoms with Crippen LogP contribution in [0.4, 0.5) is 5.69 Å². The van der Waals surface area contributed by atoms with Crippen LogP contribution in [0.15, 0.2) is 66.7 Å². The number of amides is 3. The van der Waals surface area contributed by atoms with Crippen molar-refractivity contribution in [3.05, 3.63) is 94.5 Å². The highest BCUT2D eigenvalue weighted by Gasteiger charge is 2.37. The van der Waals surface area contributed by atoms with Gasteiger partial charge in [0, 0.05) is 18.7 Å². The van der Waals surface area contributed by atoms with Crippen molar-refractivity contribution >= 4 is 23.4 Å². The Morgan fingerprint density at radius 1 is 0.906 bits per heavy atom. The minimum atomic E-state index is -0.423. The number of anilines is 1. The van der Waals surface area contributed by atoms with Gasteiger partial charge in [0.1, 0.15) is 5.75 Å². The molecule has 3 aromatic rings. The van der Waals surface area contributed by atoms with Crippen molar-refractivity contribution in [2.24, 2.45) is 0 Å². The molecule has 3 amide bonds. The first-order chi connectivity index (χ1) is 15.6. The Balaban J connectivity index is 1.40. The number of ether oxygens (including phenoxy) is 1. The van der Waals surface area contributed by atoms with Crippen LogP contribution in [0.1, 0.15) is 49.1 Å². The number of benzene rings is 3. The van der Waals surface area contributed by atoms with E-state index in [1.807, 2.05) is 25.1 Å². The number of imide groups is 1. The van der Waals surface area contributed by atoms with Gasteiger partial charge in [0.15, 0.2) is 0 Å². The first kappa shape index (κ1) is 20.0. The molecular formula is C26H22N2O4. The van der Waals surface area contributed by atoms with E-state index < -0.39 is 5.91 Å². The van der Waals surface area contributed by atoms with Crippen molar-refractivity contribution in [1.29, 1.82) is 0 Å². The number of carbonyl (C=O) groups is 3. The van der Waals surface area contributed by atoms with Gasteiger partial charge in [-0.25, -0.2) is 4.90 Å². The van der Waals surface area contributed by atoms with Gasteiger partial charge in [0.25, 0.3) is 17.7 Å². The molecule has 0 bridgehead atoms. The fourth-order valence-electron chi connectivity index (χ4n) is 4.32. The maximum atomic E-state index is 13.2. The summed E-state index contributed by atoms with van der Waals surface area (Å²) in [4.78, 5) is 42.1. The average Bonchev–Trinajstić information content (AvgIpc) is 3.08. The van der Waals surface area contributed by atoms with Gasteiger partial charge in [0.2, 0.25) is 0 Å². The normalized spacial score (nSPS) is 14.9. The number of rotatable bonds is 4. The molecule has 0 fully saturated rings. The van der Waals surface area contributed by atoms with E-state index in [1.165, 1.54) is 5.56 Å². The summed E-state index contributed by atoms with van der Waals surface area (Å²) in [6.45, 7) is 3.58. The highest BCUT2D eigenvalue weighted by Crippen LogP contribution is 2.31. The summed E-state index contributed by atoms with van der Waals surface area (Å²) in [6, 6.07) is 19.7. The Hall–Kier alpha value is -3.93. The zero-order valence-electron chi connectivity index (χ0n) is 17.7. The topological polar surface area (TPSA) is 66.9 Å². The van der Waals surface area contributed by atoms with E-state index >= 15 is 0 Å². The van der Waals surface area contributed by atoms with Crippen molar-refractivity contribution in [2.45, 2.75) is 19.9 Å². The average molecular weight is 426 g/mol. The molecule has 0 unspecified atom stereocenters. The van der Waals surface area contributed by atoms with Crippen molar-refractivity contribution in [2.75, 3.05) is 18.1 Å². The van der Waals surface area contributed by atoms with Crippen LogP contribution in [0, 0.1) is 0 Å². The zero-order valence-corrected chi connectivity index (χ0v) is 17.7. The predicted molar refractivity (Wildman–Crippen MR) is 120 cm³/mol. The van der Waals surface area contributed by atoms with E-state index in [9.17, 15) is 14.4 Å². The molecule has 2 aliphatic rings. The van der Waals surface area contributed by atoms with Crippen molar-refractivity contribution in [3.8, 4) is 5.75 Å². The molecule has 2 aliphatic heterocycles. The lowest BCUT2D eigenvalue weighted by molar-refractivity contribution is 0.0734. The minimum Gasteiger partial charge on any atom is -0.494 e. The maximum Gasteiger partial charge on any atom is 0.266 e. The Labute approximate surface area is 186 Å². The van der Waals surface area contributed by atoms with Gasteiger partial charge < -0.3 is 9.64 Å². The fourth-order valence-corrected chi connectivity index (χ4v) is 4.32. The van der Waals surface area contributed by atoms with Gasteiger partial charge in [-0.3, -0.25) is 14.4 Å². The third kappa shape index (κ3) is 3.34. The molecule has 160 valence electrons. The molecule has 0 spiro atoms. The van der Waals surface area contributed by atoms with E-state index in [-0.39, 0.29) is 17.4 Å². The van der Waals surface area contributed by atoms with E-state index in [0.29, 0.717) is 42.3 Å². The van der Waals surface area contributed by atoms with Gasteiger partial charge in [-0.2, -0.15) is 0 Å². The predicted octanol–water partition coefficient (Wildman–Crippen LogP) is 4.08. The summed E-state index contributed by atoms with van der Waals surface area (Å²) in [5.41, 5.74) is 3.85. The van der Waals surface area contributed by atoms with Crippen LogP contribution in [-0.2, 0) is 13.0 Å². The van der Waals surface area contributed by atoms with Crippen LogP contribution in [-0.4, -0.2) is 35.8 Å². The summed E-state index contributed by atoms with van der Waals surface area (Å²) in [5, 5.41) is 0. The van der Waals surface area contributed by atoms with E-state index in [4.69, 9.17) is 4.74 Å². The van der Waals surface area contributed by atoms with Crippen molar-refractivity contribution in [1.82, 2.24) is 4.90 Å². The standard InChI is InChI=1S/C26H22N2O4/c1-2-32-21-10-8-20(9-11-21)28-25(30)22-12-7-18(15-23(22)26(28)31)24(29)27-14-13-17-5-3-4-6-19(17)16-27/h3-12,15H,2,13-14,16H2,1H3. The number of hydrogen-bond donors (Lipinski definition) is 0. The molecule has 0 atom stereocenters. The Kier molecular flexibility index (Phi) is 4.98. The molecule has 5 rings (SSSR count). The molecule has 3 aromatic carbocycles. The second-order valence-electron chi connectivity index (χ2n) is 7.88. The number of hydrogen-bond acceptors (Lipinski definition) is 4. The third-order valence-corrected chi connectivity index (χ3v) is 5.96. The summed E-state index contributed by atoms with van der Waals surface area (Å²) < 4.78 is 5.43. The number of fused-ring (bicyclic) bond motifs is 2. The molecular weight excluding hydrogens is 404 g/mol. The van der Waals surface area contributed by atoms with Gasteiger partial charge in [-0.15, -0.1) is 0 Å². The number of nitrogens with zero attached hydrogens (tertiary/aromatic N) is 2. The molecule has 0 saturated heterocycles. The number of carbonyl (C=O) groups excluding carboxylic acids is 3. The van der Waals surface area contributed by atoms with Crippen LogP contribution in [0.5, 0.6) is 5.75 Å². The molecule has 32 heavy (non-hydrogen) atoms. The summed E-state index contributed by atoms with van der Waals surface area (Å²) in [5.74, 6) is -0.279. The fraction of sp³-hybridized carbons (Fsp3) is 0.192. The van der Waals surface area contributed by atoms with Gasteiger partial charge >= 0.3 is 0 Å². The minimum absolute atomic E-state index is 0.137.